The molecule has 5 rings (SSSR count). The number of nitrogens with zero attached hydrogens (tertiary/aromatic N) is 2. The quantitative estimate of drug-likeness (QED) is 0.519. The lowest BCUT2D eigenvalue weighted by atomic mass is 9.68. The van der Waals surface area contributed by atoms with Crippen LogP contribution in [0, 0.1) is 0 Å². The number of aliphatic hydroxyl groups is 1. The van der Waals surface area contributed by atoms with Crippen LogP contribution in [-0.2, 0) is 5.41 Å². The van der Waals surface area contributed by atoms with Crippen LogP contribution in [0.3, 0.4) is 0 Å². The van der Waals surface area contributed by atoms with Gasteiger partial charge in [0.1, 0.15) is 0 Å². The Hall–Kier alpha value is -2.98. The summed E-state index contributed by atoms with van der Waals surface area (Å²) >= 11 is 0. The molecule has 2 saturated carbocycles. The molecule has 2 aliphatic rings. The number of aromatic nitrogens is 1. The maximum absolute atomic E-state index is 13.6. The lowest BCUT2D eigenvalue weighted by Crippen LogP contribution is -2.47. The predicted octanol–water partition coefficient (Wildman–Crippen LogP) is 5.62. The highest BCUT2D eigenvalue weighted by atomic mass is 16.3. The number of carbonyl (C=O) groups excluding carboxylic acids is 1. The SMILES string of the molecule is O=C(c1ccc(-c2ccccc2)cc1)N(C1CC1)C1CCC(CCO)(c2ccccn2)CC1. The standard InChI is InChI=1S/C29H32N2O2/c32-21-19-29(27-8-4-5-20-30-27)17-15-26(16-18-29)31(25-13-14-25)28(33)24-11-9-23(10-12-24)22-6-2-1-3-7-22/h1-12,20,25-26,32H,13-19,21H2. The number of hydrogen-bond donors (Lipinski definition) is 1. The molecule has 0 atom stereocenters. The smallest absolute Gasteiger partial charge is 0.254 e. The normalized spacial score (nSPS) is 22.6. The molecule has 33 heavy (non-hydrogen) atoms. The zero-order chi connectivity index (χ0) is 22.7. The molecule has 0 aliphatic heterocycles. The van der Waals surface area contributed by atoms with Gasteiger partial charge in [0, 0.05) is 41.6 Å². The third-order valence-electron chi connectivity index (χ3n) is 7.52. The monoisotopic (exact) mass is 440 g/mol. The van der Waals surface area contributed by atoms with Crippen LogP contribution in [0.4, 0.5) is 0 Å². The zero-order valence-corrected chi connectivity index (χ0v) is 19.1. The average molecular weight is 441 g/mol. The first kappa shape index (κ1) is 21.8. The number of amides is 1. The molecule has 1 aromatic heterocycles. The molecule has 0 bridgehead atoms. The van der Waals surface area contributed by atoms with Gasteiger partial charge in [-0.1, -0.05) is 48.5 Å². The maximum atomic E-state index is 13.6. The molecule has 4 heteroatoms. The first-order valence-electron chi connectivity index (χ1n) is 12.2. The second kappa shape index (κ2) is 9.48. The van der Waals surface area contributed by atoms with E-state index in [0.717, 1.165) is 67.3 Å². The van der Waals surface area contributed by atoms with Crippen molar-refractivity contribution in [3.8, 4) is 11.1 Å². The van der Waals surface area contributed by atoms with E-state index >= 15 is 0 Å². The second-order valence-corrected chi connectivity index (χ2v) is 9.59. The average Bonchev–Trinajstić information content (AvgIpc) is 3.72. The maximum Gasteiger partial charge on any atom is 0.254 e. The Balaban J connectivity index is 1.32. The molecule has 2 aromatic carbocycles. The molecule has 0 unspecified atom stereocenters. The van der Waals surface area contributed by atoms with Crippen molar-refractivity contribution in [2.75, 3.05) is 6.61 Å². The third kappa shape index (κ3) is 4.58. The van der Waals surface area contributed by atoms with Crippen LogP contribution in [0.5, 0.6) is 0 Å². The van der Waals surface area contributed by atoms with Crippen molar-refractivity contribution >= 4 is 5.91 Å². The zero-order valence-electron chi connectivity index (χ0n) is 19.1. The van der Waals surface area contributed by atoms with Crippen molar-refractivity contribution in [3.05, 3.63) is 90.3 Å². The minimum absolute atomic E-state index is 0.0812. The number of rotatable bonds is 7. The Morgan fingerprint density at radius 3 is 2.09 bits per heavy atom. The Bertz CT molecular complexity index is 1050. The van der Waals surface area contributed by atoms with Gasteiger partial charge in [-0.25, -0.2) is 0 Å². The van der Waals surface area contributed by atoms with Crippen LogP contribution in [-0.4, -0.2) is 39.6 Å². The molecule has 1 amide bonds. The summed E-state index contributed by atoms with van der Waals surface area (Å²) in [6.07, 6.45) is 8.62. The van der Waals surface area contributed by atoms with Crippen LogP contribution in [0.25, 0.3) is 11.1 Å². The fourth-order valence-corrected chi connectivity index (χ4v) is 5.53. The van der Waals surface area contributed by atoms with E-state index in [4.69, 9.17) is 0 Å². The van der Waals surface area contributed by atoms with Gasteiger partial charge in [0.2, 0.25) is 0 Å². The van der Waals surface area contributed by atoms with Gasteiger partial charge >= 0.3 is 0 Å². The van der Waals surface area contributed by atoms with Crippen LogP contribution in [0.15, 0.2) is 79.0 Å². The van der Waals surface area contributed by atoms with E-state index in [-0.39, 0.29) is 24.0 Å². The van der Waals surface area contributed by atoms with Crippen LogP contribution >= 0.6 is 0 Å². The van der Waals surface area contributed by atoms with Gasteiger partial charge < -0.3 is 10.0 Å². The van der Waals surface area contributed by atoms with Gasteiger partial charge in [0.15, 0.2) is 0 Å². The number of aliphatic hydroxyl groups excluding tert-OH is 1. The first-order chi connectivity index (χ1) is 16.2. The van der Waals surface area contributed by atoms with Gasteiger partial charge in [-0.2, -0.15) is 0 Å². The summed E-state index contributed by atoms with van der Waals surface area (Å²) in [5, 5.41) is 9.77. The number of carbonyl (C=O) groups is 1. The van der Waals surface area contributed by atoms with Crippen molar-refractivity contribution in [1.29, 1.82) is 0 Å². The number of pyridine rings is 1. The Kier molecular flexibility index (Phi) is 6.28. The fourth-order valence-electron chi connectivity index (χ4n) is 5.53. The van der Waals surface area contributed by atoms with E-state index in [1.165, 1.54) is 0 Å². The fraction of sp³-hybridized carbons (Fsp3) is 0.379. The van der Waals surface area contributed by atoms with E-state index in [1.807, 2.05) is 48.7 Å². The molecule has 4 nitrogen and oxygen atoms in total. The topological polar surface area (TPSA) is 53.4 Å². The largest absolute Gasteiger partial charge is 0.396 e. The highest BCUT2D eigenvalue weighted by molar-refractivity contribution is 5.95. The molecule has 1 N–H and O–H groups in total. The number of benzene rings is 2. The van der Waals surface area contributed by atoms with Gasteiger partial charge in [-0.15, -0.1) is 0 Å². The van der Waals surface area contributed by atoms with Crippen molar-refractivity contribution in [3.63, 3.8) is 0 Å². The van der Waals surface area contributed by atoms with Crippen LogP contribution < -0.4 is 0 Å². The van der Waals surface area contributed by atoms with Crippen LogP contribution in [0.1, 0.15) is 61.0 Å². The molecular weight excluding hydrogens is 408 g/mol. The Labute approximate surface area is 196 Å². The lowest BCUT2D eigenvalue weighted by molar-refractivity contribution is 0.0548. The van der Waals surface area contributed by atoms with Crippen molar-refractivity contribution in [2.24, 2.45) is 0 Å². The molecule has 170 valence electrons. The molecule has 3 aromatic rings. The minimum atomic E-state index is -0.0812. The summed E-state index contributed by atoms with van der Waals surface area (Å²) in [6.45, 7) is 0.167. The van der Waals surface area contributed by atoms with E-state index < -0.39 is 0 Å². The molecule has 0 spiro atoms. The summed E-state index contributed by atoms with van der Waals surface area (Å²) in [5.74, 6) is 0.162. The van der Waals surface area contributed by atoms with Crippen molar-refractivity contribution < 1.29 is 9.90 Å². The molecule has 1 heterocycles. The lowest BCUT2D eigenvalue weighted by Gasteiger charge is -2.43. The van der Waals surface area contributed by atoms with Crippen molar-refractivity contribution in [2.45, 2.75) is 62.4 Å². The highest BCUT2D eigenvalue weighted by Gasteiger charge is 2.43. The first-order valence-corrected chi connectivity index (χ1v) is 12.2. The van der Waals surface area contributed by atoms with Gasteiger partial charge in [-0.3, -0.25) is 9.78 Å². The summed E-state index contributed by atoms with van der Waals surface area (Å²) in [4.78, 5) is 20.4. The van der Waals surface area contributed by atoms with Gasteiger partial charge in [-0.05, 0) is 80.3 Å². The predicted molar refractivity (Wildman–Crippen MR) is 131 cm³/mol. The Morgan fingerprint density at radius 2 is 1.48 bits per heavy atom. The third-order valence-corrected chi connectivity index (χ3v) is 7.52. The summed E-state index contributed by atoms with van der Waals surface area (Å²) in [5.41, 5.74) is 4.07. The summed E-state index contributed by atoms with van der Waals surface area (Å²) in [7, 11) is 0. The van der Waals surface area contributed by atoms with E-state index in [9.17, 15) is 9.90 Å². The molecule has 2 aliphatic carbocycles. The summed E-state index contributed by atoms with van der Waals surface area (Å²) < 4.78 is 0. The van der Waals surface area contributed by atoms with E-state index in [0.29, 0.717) is 6.04 Å². The molecule has 0 radical (unpaired) electrons. The summed E-state index contributed by atoms with van der Waals surface area (Å²) in [6, 6.07) is 25.0. The van der Waals surface area contributed by atoms with E-state index in [1.54, 1.807) is 0 Å². The minimum Gasteiger partial charge on any atom is -0.396 e. The van der Waals surface area contributed by atoms with Crippen LogP contribution in [0.2, 0.25) is 0 Å². The molecule has 0 saturated heterocycles. The van der Waals surface area contributed by atoms with Gasteiger partial charge in [0.25, 0.3) is 5.91 Å². The Morgan fingerprint density at radius 1 is 0.848 bits per heavy atom. The molecule has 2 fully saturated rings. The van der Waals surface area contributed by atoms with Gasteiger partial charge in [0.05, 0.1) is 0 Å². The van der Waals surface area contributed by atoms with E-state index in [2.05, 4.69) is 40.2 Å². The second-order valence-electron chi connectivity index (χ2n) is 9.59. The highest BCUT2D eigenvalue weighted by Crippen LogP contribution is 2.44. The molecular formula is C29H32N2O2. The number of hydrogen-bond acceptors (Lipinski definition) is 3. The van der Waals surface area contributed by atoms with Crippen molar-refractivity contribution in [1.82, 2.24) is 9.88 Å².